The second-order valence-corrected chi connectivity index (χ2v) is 7.59. The van der Waals surface area contributed by atoms with Gasteiger partial charge < -0.3 is 10.6 Å². The van der Waals surface area contributed by atoms with Crippen molar-refractivity contribution in [2.45, 2.75) is 30.9 Å². The average Bonchev–Trinajstić information content (AvgIpc) is 3.29. The Morgan fingerprint density at radius 3 is 2.20 bits per heavy atom. The summed E-state index contributed by atoms with van der Waals surface area (Å²) in [7, 11) is -1.67. The third-order valence-corrected chi connectivity index (χ3v) is 6.26. The van der Waals surface area contributed by atoms with Crippen molar-refractivity contribution >= 4 is 21.8 Å². The molecule has 0 unspecified atom stereocenters. The number of nitrogens with zero attached hydrogens (tertiary/aromatic N) is 1. The maximum absolute atomic E-state index is 12.1. The molecule has 0 radical (unpaired) electrons. The highest BCUT2D eigenvalue weighted by molar-refractivity contribution is 7.90. The van der Waals surface area contributed by atoms with Crippen molar-refractivity contribution in [3.8, 4) is 0 Å². The largest absolute Gasteiger partial charge is 0.351 e. The van der Waals surface area contributed by atoms with Crippen molar-refractivity contribution < 1.29 is 18.0 Å². The fourth-order valence-corrected chi connectivity index (χ4v) is 4.25. The number of carbonyl (C=O) groups is 2. The summed E-state index contributed by atoms with van der Waals surface area (Å²) < 4.78 is 25.7. The summed E-state index contributed by atoms with van der Waals surface area (Å²) in [6, 6.07) is 0. The van der Waals surface area contributed by atoms with Gasteiger partial charge in [-0.3, -0.25) is 9.59 Å². The number of piperidine rings is 1. The Bertz CT molecular complexity index is 479. The summed E-state index contributed by atoms with van der Waals surface area (Å²) in [4.78, 5) is 22.3. The topological polar surface area (TPSA) is 95.6 Å². The number of hydrogen-bond donors (Lipinski definition) is 2. The van der Waals surface area contributed by atoms with Crippen molar-refractivity contribution in [3.05, 3.63) is 0 Å². The molecule has 2 aliphatic rings. The lowest BCUT2D eigenvalue weighted by molar-refractivity contribution is -0.139. The molecule has 2 fully saturated rings. The van der Waals surface area contributed by atoms with Gasteiger partial charge in [0.25, 0.3) is 0 Å². The lowest BCUT2D eigenvalue weighted by Gasteiger charge is -2.31. The zero-order valence-electron chi connectivity index (χ0n) is 11.6. The van der Waals surface area contributed by atoms with Gasteiger partial charge in [-0.1, -0.05) is 0 Å². The number of amides is 2. The van der Waals surface area contributed by atoms with E-state index in [1.807, 2.05) is 0 Å². The van der Waals surface area contributed by atoms with E-state index in [2.05, 4.69) is 10.6 Å². The molecular weight excluding hydrogens is 282 g/mol. The molecule has 1 aliphatic heterocycles. The minimum atomic E-state index is -3.08. The lowest BCUT2D eigenvalue weighted by Crippen LogP contribution is -2.44. The van der Waals surface area contributed by atoms with Crippen LogP contribution in [0.2, 0.25) is 0 Å². The molecule has 0 bridgehead atoms. The molecule has 0 aromatic heterocycles. The molecule has 7 nitrogen and oxygen atoms in total. The Morgan fingerprint density at radius 2 is 1.70 bits per heavy atom. The molecule has 20 heavy (non-hydrogen) atoms. The second kappa shape index (κ2) is 6.09. The molecule has 2 amide bonds. The van der Waals surface area contributed by atoms with Crippen molar-refractivity contribution in [2.75, 3.05) is 26.7 Å². The maximum Gasteiger partial charge on any atom is 0.309 e. The molecule has 2 rings (SSSR count). The van der Waals surface area contributed by atoms with Crippen LogP contribution in [0.1, 0.15) is 25.7 Å². The highest BCUT2D eigenvalue weighted by Gasteiger charge is 2.41. The summed E-state index contributed by atoms with van der Waals surface area (Å²) >= 11 is 0. The molecule has 0 aromatic carbocycles. The zero-order chi connectivity index (χ0) is 14.8. The molecule has 1 heterocycles. The first-order valence-corrected chi connectivity index (χ1v) is 8.44. The third-order valence-electron chi connectivity index (χ3n) is 3.86. The Morgan fingerprint density at radius 1 is 1.10 bits per heavy atom. The lowest BCUT2D eigenvalue weighted by atomic mass is 9.98. The van der Waals surface area contributed by atoms with Crippen LogP contribution in [0.5, 0.6) is 0 Å². The predicted molar refractivity (Wildman–Crippen MR) is 73.3 cm³/mol. The van der Waals surface area contributed by atoms with Gasteiger partial charge in [-0.2, -0.15) is 0 Å². The van der Waals surface area contributed by atoms with E-state index in [0.29, 0.717) is 19.6 Å². The van der Waals surface area contributed by atoms with Crippen molar-refractivity contribution in [1.29, 1.82) is 0 Å². The van der Waals surface area contributed by atoms with Crippen LogP contribution in [0.15, 0.2) is 0 Å². The summed E-state index contributed by atoms with van der Waals surface area (Å²) in [5.74, 6) is -1.06. The van der Waals surface area contributed by atoms with Crippen molar-refractivity contribution in [3.63, 3.8) is 0 Å². The Hall–Kier alpha value is -1.15. The molecule has 1 saturated heterocycles. The molecule has 0 aromatic rings. The Kier molecular flexibility index (Phi) is 4.64. The first kappa shape index (κ1) is 15.2. The molecule has 0 spiro atoms. The standard InChI is InChI=1S/C12H21N3O4S/c1-13-11(16)12(17)14-8-9-4-6-15(7-5-9)20(18,19)10-2-3-10/h9-10H,2-8H2,1H3,(H,13,16)(H,14,17). The van der Waals surface area contributed by atoms with Gasteiger partial charge in [-0.15, -0.1) is 0 Å². The molecule has 2 N–H and O–H groups in total. The first-order chi connectivity index (χ1) is 9.45. The maximum atomic E-state index is 12.1. The summed E-state index contributed by atoms with van der Waals surface area (Å²) in [6.07, 6.45) is 3.01. The number of sulfonamides is 1. The van der Waals surface area contributed by atoms with Crippen LogP contribution in [0.3, 0.4) is 0 Å². The van der Waals surface area contributed by atoms with Gasteiger partial charge >= 0.3 is 11.8 Å². The van der Waals surface area contributed by atoms with Crippen LogP contribution in [0.4, 0.5) is 0 Å². The van der Waals surface area contributed by atoms with E-state index in [1.165, 1.54) is 7.05 Å². The fraction of sp³-hybridized carbons (Fsp3) is 0.833. The van der Waals surface area contributed by atoms with Gasteiger partial charge in [0.05, 0.1) is 5.25 Å². The monoisotopic (exact) mass is 303 g/mol. The minimum Gasteiger partial charge on any atom is -0.351 e. The van der Waals surface area contributed by atoms with Crippen LogP contribution in [0.25, 0.3) is 0 Å². The number of hydrogen-bond acceptors (Lipinski definition) is 4. The van der Waals surface area contributed by atoms with Crippen LogP contribution >= 0.6 is 0 Å². The molecule has 1 saturated carbocycles. The molecule has 0 atom stereocenters. The molecule has 8 heteroatoms. The van der Waals surface area contributed by atoms with Gasteiger partial charge in [-0.05, 0) is 31.6 Å². The molecule has 114 valence electrons. The van der Waals surface area contributed by atoms with E-state index in [9.17, 15) is 18.0 Å². The van der Waals surface area contributed by atoms with E-state index in [0.717, 1.165) is 25.7 Å². The number of nitrogens with one attached hydrogen (secondary N) is 2. The summed E-state index contributed by atoms with van der Waals surface area (Å²) in [5, 5.41) is 4.67. The Balaban J connectivity index is 1.74. The predicted octanol–water partition coefficient (Wildman–Crippen LogP) is -0.947. The van der Waals surface area contributed by atoms with Crippen molar-refractivity contribution in [2.24, 2.45) is 5.92 Å². The van der Waals surface area contributed by atoms with Crippen LogP contribution in [-0.4, -0.2) is 56.5 Å². The average molecular weight is 303 g/mol. The van der Waals surface area contributed by atoms with Crippen LogP contribution in [-0.2, 0) is 19.6 Å². The van der Waals surface area contributed by atoms with Crippen LogP contribution in [0, 0.1) is 5.92 Å². The second-order valence-electron chi connectivity index (χ2n) is 5.38. The first-order valence-electron chi connectivity index (χ1n) is 6.94. The SMILES string of the molecule is CNC(=O)C(=O)NCC1CCN(S(=O)(=O)C2CC2)CC1. The van der Waals surface area contributed by atoms with E-state index < -0.39 is 21.8 Å². The minimum absolute atomic E-state index is 0.160. The normalized spacial score (nSPS) is 21.4. The number of carbonyl (C=O) groups excluding carboxylic acids is 2. The fourth-order valence-electron chi connectivity index (χ4n) is 2.38. The molecular formula is C12H21N3O4S. The van der Waals surface area contributed by atoms with E-state index in [4.69, 9.17) is 0 Å². The number of likely N-dealkylation sites (N-methyl/N-ethyl adjacent to an activating group) is 1. The van der Waals surface area contributed by atoms with Gasteiger partial charge in [0.15, 0.2) is 0 Å². The zero-order valence-corrected chi connectivity index (χ0v) is 12.4. The van der Waals surface area contributed by atoms with Gasteiger partial charge in [-0.25, -0.2) is 12.7 Å². The smallest absolute Gasteiger partial charge is 0.309 e. The highest BCUT2D eigenvalue weighted by atomic mass is 32.2. The number of rotatable bonds is 4. The van der Waals surface area contributed by atoms with Gasteiger partial charge in [0, 0.05) is 26.7 Å². The van der Waals surface area contributed by atoms with E-state index in [-0.39, 0.29) is 11.2 Å². The summed E-state index contributed by atoms with van der Waals surface area (Å²) in [6.45, 7) is 1.45. The van der Waals surface area contributed by atoms with Crippen molar-refractivity contribution in [1.82, 2.24) is 14.9 Å². The quantitative estimate of drug-likeness (QED) is 0.655. The third kappa shape index (κ3) is 3.49. The van der Waals surface area contributed by atoms with Gasteiger partial charge in [0.2, 0.25) is 10.0 Å². The van der Waals surface area contributed by atoms with E-state index >= 15 is 0 Å². The van der Waals surface area contributed by atoms with Gasteiger partial charge in [0.1, 0.15) is 0 Å². The molecule has 1 aliphatic carbocycles. The van der Waals surface area contributed by atoms with Crippen LogP contribution < -0.4 is 10.6 Å². The van der Waals surface area contributed by atoms with E-state index in [1.54, 1.807) is 4.31 Å². The Labute approximate surface area is 119 Å². The summed E-state index contributed by atoms with van der Waals surface area (Å²) in [5.41, 5.74) is 0. The highest BCUT2D eigenvalue weighted by Crippen LogP contribution is 2.32.